The summed E-state index contributed by atoms with van der Waals surface area (Å²) in [6, 6.07) is 5.63. The lowest BCUT2D eigenvalue weighted by Gasteiger charge is -2.19. The van der Waals surface area contributed by atoms with Crippen molar-refractivity contribution in [2.24, 2.45) is 0 Å². The van der Waals surface area contributed by atoms with Crippen molar-refractivity contribution in [2.75, 3.05) is 6.54 Å². The minimum Gasteiger partial charge on any atom is -0.480 e. The average molecular weight is 259 g/mol. The van der Waals surface area contributed by atoms with Crippen LogP contribution in [0.1, 0.15) is 24.2 Å². The molecule has 5 nitrogen and oxygen atoms in total. The van der Waals surface area contributed by atoms with Crippen molar-refractivity contribution < 1.29 is 9.90 Å². The summed E-state index contributed by atoms with van der Waals surface area (Å²) in [5, 5.41) is 9.18. The third-order valence-electron chi connectivity index (χ3n) is 3.76. The van der Waals surface area contributed by atoms with Gasteiger partial charge in [-0.1, -0.05) is 6.07 Å². The monoisotopic (exact) mass is 259 g/mol. The Morgan fingerprint density at radius 2 is 2.37 bits per heavy atom. The Labute approximate surface area is 111 Å². The molecule has 0 aliphatic carbocycles. The number of imidazole rings is 1. The Hall–Kier alpha value is -1.88. The van der Waals surface area contributed by atoms with Crippen molar-refractivity contribution in [3.8, 4) is 0 Å². The maximum atomic E-state index is 11.2. The molecule has 1 N–H and O–H groups in total. The number of rotatable bonds is 3. The van der Waals surface area contributed by atoms with E-state index < -0.39 is 5.97 Å². The fraction of sp³-hybridized carbons (Fsp3) is 0.429. The number of carbonyl (C=O) groups is 1. The molecule has 0 saturated carbocycles. The van der Waals surface area contributed by atoms with Crippen LogP contribution >= 0.6 is 0 Å². The molecule has 1 aliphatic rings. The second-order valence-corrected chi connectivity index (χ2v) is 5.09. The first-order valence-corrected chi connectivity index (χ1v) is 6.55. The van der Waals surface area contributed by atoms with Crippen LogP contribution in [0, 0.1) is 6.92 Å². The first-order valence-electron chi connectivity index (χ1n) is 6.55. The average Bonchev–Trinajstić information content (AvgIpc) is 2.96. The molecule has 3 rings (SSSR count). The predicted molar refractivity (Wildman–Crippen MR) is 71.0 cm³/mol. The van der Waals surface area contributed by atoms with E-state index in [-0.39, 0.29) is 6.04 Å². The number of aryl methyl sites for hydroxylation is 1. The zero-order valence-electron chi connectivity index (χ0n) is 10.9. The number of hydrogen-bond acceptors (Lipinski definition) is 3. The summed E-state index contributed by atoms with van der Waals surface area (Å²) in [6.07, 6.45) is 3.69. The van der Waals surface area contributed by atoms with Crippen molar-refractivity contribution in [3.05, 3.63) is 35.8 Å². The number of aromatic nitrogens is 2. The van der Waals surface area contributed by atoms with Gasteiger partial charge in [-0.3, -0.25) is 9.69 Å². The van der Waals surface area contributed by atoms with Crippen LogP contribution in [-0.4, -0.2) is 37.9 Å². The van der Waals surface area contributed by atoms with Gasteiger partial charge in [0.25, 0.3) is 0 Å². The SMILES string of the molecule is Cc1cccc2nc(CN3CCC[C@@H]3C(=O)O)cn12. The van der Waals surface area contributed by atoms with Crippen LogP contribution in [0.2, 0.25) is 0 Å². The minimum absolute atomic E-state index is 0.356. The maximum absolute atomic E-state index is 11.2. The van der Waals surface area contributed by atoms with Crippen molar-refractivity contribution in [3.63, 3.8) is 0 Å². The van der Waals surface area contributed by atoms with Gasteiger partial charge >= 0.3 is 5.97 Å². The maximum Gasteiger partial charge on any atom is 0.320 e. The van der Waals surface area contributed by atoms with Gasteiger partial charge < -0.3 is 9.51 Å². The normalized spacial score (nSPS) is 20.2. The molecule has 1 fully saturated rings. The summed E-state index contributed by atoms with van der Waals surface area (Å²) >= 11 is 0. The third kappa shape index (κ3) is 2.21. The van der Waals surface area contributed by atoms with Crippen LogP contribution < -0.4 is 0 Å². The predicted octanol–water partition coefficient (Wildman–Crippen LogP) is 1.69. The van der Waals surface area contributed by atoms with Gasteiger partial charge in [0.1, 0.15) is 11.7 Å². The topological polar surface area (TPSA) is 57.8 Å². The first kappa shape index (κ1) is 12.2. The zero-order chi connectivity index (χ0) is 13.4. The van der Waals surface area contributed by atoms with E-state index >= 15 is 0 Å². The summed E-state index contributed by atoms with van der Waals surface area (Å²) in [6.45, 7) is 3.48. The fourth-order valence-electron chi connectivity index (χ4n) is 2.78. The molecule has 1 saturated heterocycles. The molecule has 2 aromatic heterocycles. The van der Waals surface area contributed by atoms with Crippen molar-refractivity contribution in [1.29, 1.82) is 0 Å². The highest BCUT2D eigenvalue weighted by Gasteiger charge is 2.30. The van der Waals surface area contributed by atoms with Crippen LogP contribution in [0.25, 0.3) is 5.65 Å². The summed E-state index contributed by atoms with van der Waals surface area (Å²) < 4.78 is 2.04. The number of hydrogen-bond donors (Lipinski definition) is 1. The van der Waals surface area contributed by atoms with Gasteiger partial charge in [0, 0.05) is 18.4 Å². The van der Waals surface area contributed by atoms with E-state index in [9.17, 15) is 9.90 Å². The zero-order valence-corrected chi connectivity index (χ0v) is 10.9. The van der Waals surface area contributed by atoms with Crippen LogP contribution in [0.4, 0.5) is 0 Å². The molecule has 0 bridgehead atoms. The first-order chi connectivity index (χ1) is 9.15. The summed E-state index contributed by atoms with van der Waals surface area (Å²) in [7, 11) is 0. The number of nitrogens with zero attached hydrogens (tertiary/aromatic N) is 3. The van der Waals surface area contributed by atoms with E-state index in [2.05, 4.69) is 4.98 Å². The molecule has 0 radical (unpaired) electrons. The second-order valence-electron chi connectivity index (χ2n) is 5.09. The highest BCUT2D eigenvalue weighted by Crippen LogP contribution is 2.20. The lowest BCUT2D eigenvalue weighted by Crippen LogP contribution is -2.35. The van der Waals surface area contributed by atoms with Crippen molar-refractivity contribution in [1.82, 2.24) is 14.3 Å². The largest absolute Gasteiger partial charge is 0.480 e. The number of likely N-dealkylation sites (tertiary alicyclic amines) is 1. The molecule has 1 aliphatic heterocycles. The third-order valence-corrected chi connectivity index (χ3v) is 3.76. The molecule has 19 heavy (non-hydrogen) atoms. The van der Waals surface area contributed by atoms with Gasteiger partial charge in [0.15, 0.2) is 0 Å². The second kappa shape index (κ2) is 4.66. The Morgan fingerprint density at radius 3 is 3.11 bits per heavy atom. The molecular formula is C14H17N3O2. The van der Waals surface area contributed by atoms with E-state index in [0.29, 0.717) is 6.54 Å². The Morgan fingerprint density at radius 1 is 1.53 bits per heavy atom. The fourth-order valence-corrected chi connectivity index (χ4v) is 2.78. The van der Waals surface area contributed by atoms with E-state index in [4.69, 9.17) is 0 Å². The van der Waals surface area contributed by atoms with Crippen molar-refractivity contribution in [2.45, 2.75) is 32.4 Å². The number of aliphatic carboxylic acids is 1. The Bertz CT molecular complexity index is 620. The lowest BCUT2D eigenvalue weighted by molar-refractivity contribution is -0.142. The van der Waals surface area contributed by atoms with Gasteiger partial charge in [0.05, 0.1) is 5.69 Å². The summed E-state index contributed by atoms with van der Waals surface area (Å²) in [5.41, 5.74) is 2.98. The Balaban J connectivity index is 1.85. The van der Waals surface area contributed by atoms with Gasteiger partial charge in [-0.15, -0.1) is 0 Å². The molecule has 3 heterocycles. The highest BCUT2D eigenvalue weighted by atomic mass is 16.4. The Kier molecular flexibility index (Phi) is 2.98. The van der Waals surface area contributed by atoms with Crippen LogP contribution in [-0.2, 0) is 11.3 Å². The highest BCUT2D eigenvalue weighted by molar-refractivity contribution is 5.73. The van der Waals surface area contributed by atoms with E-state index in [1.54, 1.807) is 0 Å². The lowest BCUT2D eigenvalue weighted by atomic mass is 10.2. The molecular weight excluding hydrogens is 242 g/mol. The number of pyridine rings is 1. The molecule has 0 aromatic carbocycles. The summed E-state index contributed by atoms with van der Waals surface area (Å²) in [5.74, 6) is -0.725. The summed E-state index contributed by atoms with van der Waals surface area (Å²) in [4.78, 5) is 17.7. The molecule has 2 aromatic rings. The molecule has 0 unspecified atom stereocenters. The van der Waals surface area contributed by atoms with Gasteiger partial charge in [-0.2, -0.15) is 0 Å². The minimum atomic E-state index is -0.725. The van der Waals surface area contributed by atoms with Gasteiger partial charge in [-0.25, -0.2) is 4.98 Å². The van der Waals surface area contributed by atoms with Gasteiger partial charge in [-0.05, 0) is 38.4 Å². The molecule has 1 atom stereocenters. The molecule has 0 spiro atoms. The number of carboxylic acids is 1. The van der Waals surface area contributed by atoms with E-state index in [0.717, 1.165) is 36.4 Å². The molecule has 5 heteroatoms. The standard InChI is InChI=1S/C14H17N3O2/c1-10-4-2-6-13-15-11(9-17(10)13)8-16-7-3-5-12(16)14(18)19/h2,4,6,9,12H,3,5,7-8H2,1H3,(H,18,19)/t12-/m1/s1. The van der Waals surface area contributed by atoms with Gasteiger partial charge in [0.2, 0.25) is 0 Å². The van der Waals surface area contributed by atoms with Crippen LogP contribution in [0.15, 0.2) is 24.4 Å². The van der Waals surface area contributed by atoms with Crippen molar-refractivity contribution >= 4 is 11.6 Å². The molecule has 100 valence electrons. The van der Waals surface area contributed by atoms with Crippen LogP contribution in [0.5, 0.6) is 0 Å². The van der Waals surface area contributed by atoms with E-state index in [1.807, 2.05) is 40.6 Å². The van der Waals surface area contributed by atoms with Crippen LogP contribution in [0.3, 0.4) is 0 Å². The van der Waals surface area contributed by atoms with E-state index in [1.165, 1.54) is 0 Å². The smallest absolute Gasteiger partial charge is 0.320 e. The number of fused-ring (bicyclic) bond motifs is 1. The molecule has 0 amide bonds. The quantitative estimate of drug-likeness (QED) is 0.911. The number of carboxylic acid groups (broad SMARTS) is 1.